The SMILES string of the molecule is Cc1ncncc1NC(=O)CCCCc1ccc(Br)cc1. The van der Waals surface area contributed by atoms with Crippen LogP contribution >= 0.6 is 15.9 Å². The molecule has 0 atom stereocenters. The first kappa shape index (κ1) is 15.6. The molecule has 21 heavy (non-hydrogen) atoms. The second-order valence-electron chi connectivity index (χ2n) is 4.90. The van der Waals surface area contributed by atoms with Gasteiger partial charge in [0.2, 0.25) is 5.91 Å². The number of nitrogens with one attached hydrogen (secondary N) is 1. The first-order valence-electron chi connectivity index (χ1n) is 6.96. The van der Waals surface area contributed by atoms with Crippen LogP contribution in [0.1, 0.15) is 30.5 Å². The highest BCUT2D eigenvalue weighted by atomic mass is 79.9. The van der Waals surface area contributed by atoms with Gasteiger partial charge in [0.25, 0.3) is 0 Å². The lowest BCUT2D eigenvalue weighted by atomic mass is 10.1. The van der Waals surface area contributed by atoms with Crippen LogP contribution in [0, 0.1) is 6.92 Å². The van der Waals surface area contributed by atoms with Crippen molar-refractivity contribution < 1.29 is 4.79 Å². The third kappa shape index (κ3) is 5.27. The summed E-state index contributed by atoms with van der Waals surface area (Å²) < 4.78 is 1.09. The molecular weight excluding hydrogens is 330 g/mol. The van der Waals surface area contributed by atoms with Crippen LogP contribution < -0.4 is 5.32 Å². The predicted molar refractivity (Wildman–Crippen MR) is 87.1 cm³/mol. The van der Waals surface area contributed by atoms with Gasteiger partial charge in [-0.25, -0.2) is 9.97 Å². The predicted octanol–water partition coefficient (Wildman–Crippen LogP) is 3.90. The fourth-order valence-corrected chi connectivity index (χ4v) is 2.26. The van der Waals surface area contributed by atoms with E-state index in [4.69, 9.17) is 0 Å². The van der Waals surface area contributed by atoms with Crippen LogP contribution in [0.3, 0.4) is 0 Å². The van der Waals surface area contributed by atoms with Gasteiger partial charge in [0.1, 0.15) is 6.33 Å². The van der Waals surface area contributed by atoms with Crippen molar-refractivity contribution in [2.24, 2.45) is 0 Å². The van der Waals surface area contributed by atoms with Crippen molar-refractivity contribution >= 4 is 27.5 Å². The van der Waals surface area contributed by atoms with Crippen molar-refractivity contribution in [3.05, 3.63) is 52.5 Å². The molecule has 1 aromatic heterocycles. The molecular formula is C16H18BrN3O. The monoisotopic (exact) mass is 347 g/mol. The molecule has 0 saturated heterocycles. The highest BCUT2D eigenvalue weighted by molar-refractivity contribution is 9.10. The van der Waals surface area contributed by atoms with Gasteiger partial charge in [-0.15, -0.1) is 0 Å². The maximum atomic E-state index is 11.8. The van der Waals surface area contributed by atoms with Gasteiger partial charge in [0.15, 0.2) is 0 Å². The van der Waals surface area contributed by atoms with Gasteiger partial charge in [0, 0.05) is 10.9 Å². The summed E-state index contributed by atoms with van der Waals surface area (Å²) in [5, 5.41) is 2.85. The third-order valence-corrected chi connectivity index (χ3v) is 3.75. The van der Waals surface area contributed by atoms with Gasteiger partial charge in [0.05, 0.1) is 17.6 Å². The molecule has 0 aliphatic carbocycles. The zero-order valence-corrected chi connectivity index (χ0v) is 13.6. The Kier molecular flexibility index (Phi) is 5.87. The molecule has 0 fully saturated rings. The Morgan fingerprint density at radius 3 is 2.71 bits per heavy atom. The van der Waals surface area contributed by atoms with Crippen LogP contribution in [0.4, 0.5) is 5.69 Å². The molecule has 0 spiro atoms. The highest BCUT2D eigenvalue weighted by Crippen LogP contribution is 2.14. The van der Waals surface area contributed by atoms with Crippen LogP contribution in [-0.4, -0.2) is 15.9 Å². The van der Waals surface area contributed by atoms with Crippen LogP contribution in [0.5, 0.6) is 0 Å². The van der Waals surface area contributed by atoms with E-state index in [2.05, 4.69) is 43.3 Å². The normalized spacial score (nSPS) is 10.4. The topological polar surface area (TPSA) is 54.9 Å². The summed E-state index contributed by atoms with van der Waals surface area (Å²) in [7, 11) is 0. The number of unbranched alkanes of at least 4 members (excludes halogenated alkanes) is 1. The summed E-state index contributed by atoms with van der Waals surface area (Å²) in [5.74, 6) is 0.0173. The Bertz CT molecular complexity index is 599. The molecule has 0 radical (unpaired) electrons. The molecule has 0 aliphatic heterocycles. The molecule has 2 aromatic rings. The van der Waals surface area contributed by atoms with E-state index >= 15 is 0 Å². The number of amides is 1. The maximum Gasteiger partial charge on any atom is 0.224 e. The first-order valence-corrected chi connectivity index (χ1v) is 7.75. The molecule has 4 nitrogen and oxygen atoms in total. The number of carbonyl (C=O) groups is 1. The van der Waals surface area contributed by atoms with Crippen molar-refractivity contribution in [1.29, 1.82) is 0 Å². The van der Waals surface area contributed by atoms with Gasteiger partial charge < -0.3 is 5.32 Å². The van der Waals surface area contributed by atoms with E-state index in [0.29, 0.717) is 12.1 Å². The molecule has 5 heteroatoms. The van der Waals surface area contributed by atoms with E-state index in [1.54, 1.807) is 6.20 Å². The van der Waals surface area contributed by atoms with Crippen molar-refractivity contribution in [1.82, 2.24) is 9.97 Å². The number of benzene rings is 1. The smallest absolute Gasteiger partial charge is 0.224 e. The number of hydrogen-bond acceptors (Lipinski definition) is 3. The van der Waals surface area contributed by atoms with Crippen molar-refractivity contribution in [2.75, 3.05) is 5.32 Å². The van der Waals surface area contributed by atoms with E-state index in [1.807, 2.05) is 19.1 Å². The molecule has 1 N–H and O–H groups in total. The molecule has 1 heterocycles. The van der Waals surface area contributed by atoms with Gasteiger partial charge >= 0.3 is 0 Å². The molecule has 110 valence electrons. The fraction of sp³-hybridized carbons (Fsp3) is 0.312. The van der Waals surface area contributed by atoms with E-state index in [0.717, 1.165) is 29.4 Å². The molecule has 1 aromatic carbocycles. The average Bonchev–Trinajstić information content (AvgIpc) is 2.48. The molecule has 0 aliphatic rings. The zero-order valence-electron chi connectivity index (χ0n) is 12.0. The largest absolute Gasteiger partial charge is 0.323 e. The first-order chi connectivity index (χ1) is 10.1. The Balaban J connectivity index is 1.70. The number of aryl methyl sites for hydroxylation is 2. The average molecular weight is 348 g/mol. The number of carbonyl (C=O) groups excluding carboxylic acids is 1. The number of halogens is 1. The summed E-state index contributed by atoms with van der Waals surface area (Å²) in [6.45, 7) is 1.85. The van der Waals surface area contributed by atoms with Crippen molar-refractivity contribution in [3.8, 4) is 0 Å². The molecule has 0 saturated carbocycles. The Labute approximate surface area is 133 Å². The standard InChI is InChI=1S/C16H18BrN3O/c1-12-15(10-18-11-19-12)20-16(21)5-3-2-4-13-6-8-14(17)9-7-13/h6-11H,2-5H2,1H3,(H,20,21). The van der Waals surface area contributed by atoms with Crippen molar-refractivity contribution in [3.63, 3.8) is 0 Å². The molecule has 2 rings (SSSR count). The number of aromatic nitrogens is 2. The van der Waals surface area contributed by atoms with Crippen LogP contribution in [0.2, 0.25) is 0 Å². The third-order valence-electron chi connectivity index (χ3n) is 3.22. The minimum absolute atomic E-state index is 0.0173. The van der Waals surface area contributed by atoms with E-state index in [1.165, 1.54) is 11.9 Å². The van der Waals surface area contributed by atoms with Crippen LogP contribution in [-0.2, 0) is 11.2 Å². The van der Waals surface area contributed by atoms with Crippen molar-refractivity contribution in [2.45, 2.75) is 32.6 Å². The number of hydrogen-bond donors (Lipinski definition) is 1. The highest BCUT2D eigenvalue weighted by Gasteiger charge is 2.05. The summed E-state index contributed by atoms with van der Waals surface area (Å²) >= 11 is 3.42. The Morgan fingerprint density at radius 2 is 2.00 bits per heavy atom. The van der Waals surface area contributed by atoms with Gasteiger partial charge in [-0.05, 0) is 43.9 Å². The maximum absolute atomic E-state index is 11.8. The lowest BCUT2D eigenvalue weighted by molar-refractivity contribution is -0.116. The Morgan fingerprint density at radius 1 is 1.24 bits per heavy atom. The van der Waals surface area contributed by atoms with Gasteiger partial charge in [-0.3, -0.25) is 4.79 Å². The van der Waals surface area contributed by atoms with E-state index in [9.17, 15) is 4.79 Å². The quantitative estimate of drug-likeness (QED) is 0.806. The summed E-state index contributed by atoms with van der Waals surface area (Å²) in [5.41, 5.74) is 2.77. The van der Waals surface area contributed by atoms with Gasteiger partial charge in [-0.2, -0.15) is 0 Å². The minimum atomic E-state index is 0.0173. The second-order valence-corrected chi connectivity index (χ2v) is 5.82. The molecule has 0 unspecified atom stereocenters. The Hall–Kier alpha value is -1.75. The summed E-state index contributed by atoms with van der Waals surface area (Å²) in [4.78, 5) is 19.8. The molecule has 1 amide bonds. The van der Waals surface area contributed by atoms with E-state index < -0.39 is 0 Å². The molecule has 0 bridgehead atoms. The summed E-state index contributed by atoms with van der Waals surface area (Å²) in [6.07, 6.45) is 6.48. The number of nitrogens with zero attached hydrogens (tertiary/aromatic N) is 2. The van der Waals surface area contributed by atoms with Crippen LogP contribution in [0.15, 0.2) is 41.3 Å². The lowest BCUT2D eigenvalue weighted by Crippen LogP contribution is -2.12. The summed E-state index contributed by atoms with van der Waals surface area (Å²) in [6, 6.07) is 8.30. The second kappa shape index (κ2) is 7.88. The number of rotatable bonds is 6. The lowest BCUT2D eigenvalue weighted by Gasteiger charge is -2.06. The fourth-order valence-electron chi connectivity index (χ4n) is 1.99. The van der Waals surface area contributed by atoms with Crippen LogP contribution in [0.25, 0.3) is 0 Å². The zero-order chi connectivity index (χ0) is 15.1. The van der Waals surface area contributed by atoms with Gasteiger partial charge in [-0.1, -0.05) is 28.1 Å². The minimum Gasteiger partial charge on any atom is -0.323 e. The van der Waals surface area contributed by atoms with E-state index in [-0.39, 0.29) is 5.91 Å². The number of anilines is 1.